The Morgan fingerprint density at radius 2 is 1.71 bits per heavy atom. The Bertz CT molecular complexity index is 437. The molecule has 1 aromatic carbocycles. The van der Waals surface area contributed by atoms with Crippen molar-refractivity contribution in [2.75, 3.05) is 0 Å². The van der Waals surface area contributed by atoms with Crippen molar-refractivity contribution in [3.63, 3.8) is 0 Å². The van der Waals surface area contributed by atoms with Crippen LogP contribution in [0.2, 0.25) is 0 Å². The summed E-state index contributed by atoms with van der Waals surface area (Å²) in [5.74, 6) is 2.11. The first-order valence-electron chi connectivity index (χ1n) is 6.29. The molecule has 2 rings (SSSR count). The summed E-state index contributed by atoms with van der Waals surface area (Å²) in [5.41, 5.74) is 2.78. The monoisotopic (exact) mass is 228 g/mol. The summed E-state index contributed by atoms with van der Waals surface area (Å²) in [6, 6.07) is 12.9. The third-order valence-electron chi connectivity index (χ3n) is 3.22. The van der Waals surface area contributed by atoms with Crippen molar-refractivity contribution in [2.45, 2.75) is 39.0 Å². The van der Waals surface area contributed by atoms with Crippen LogP contribution in [0.5, 0.6) is 0 Å². The van der Waals surface area contributed by atoms with Gasteiger partial charge in [0, 0.05) is 5.92 Å². The van der Waals surface area contributed by atoms with Crippen molar-refractivity contribution in [1.29, 1.82) is 0 Å². The van der Waals surface area contributed by atoms with E-state index in [0.717, 1.165) is 12.2 Å². The molecule has 0 aliphatic rings. The predicted octanol–water partition coefficient (Wildman–Crippen LogP) is 4.75. The standard InChI is InChI=1S/C16H20O/c1-12(2)15-8-6-14(7-9-15)11-13(3)16-5-4-10-17-16/h4-10,12-13H,11H2,1-3H3. The molecule has 0 bridgehead atoms. The molecule has 0 amide bonds. The number of rotatable bonds is 4. The Hall–Kier alpha value is -1.50. The number of hydrogen-bond acceptors (Lipinski definition) is 1. The van der Waals surface area contributed by atoms with Crippen LogP contribution in [0.4, 0.5) is 0 Å². The van der Waals surface area contributed by atoms with Crippen LogP contribution in [-0.4, -0.2) is 0 Å². The van der Waals surface area contributed by atoms with Gasteiger partial charge in [0.15, 0.2) is 0 Å². The third-order valence-corrected chi connectivity index (χ3v) is 3.22. The predicted molar refractivity (Wildman–Crippen MR) is 71.4 cm³/mol. The average Bonchev–Trinajstić information content (AvgIpc) is 2.83. The summed E-state index contributed by atoms with van der Waals surface area (Å²) in [6.45, 7) is 6.65. The average molecular weight is 228 g/mol. The Balaban J connectivity index is 2.04. The van der Waals surface area contributed by atoms with Gasteiger partial charge in [-0.2, -0.15) is 0 Å². The number of furan rings is 1. The van der Waals surface area contributed by atoms with E-state index in [-0.39, 0.29) is 0 Å². The van der Waals surface area contributed by atoms with E-state index in [1.807, 2.05) is 12.1 Å². The Labute approximate surface area is 103 Å². The molecule has 0 N–H and O–H groups in total. The first-order valence-corrected chi connectivity index (χ1v) is 6.29. The molecule has 0 saturated heterocycles. The van der Waals surface area contributed by atoms with Crippen molar-refractivity contribution in [2.24, 2.45) is 0 Å². The topological polar surface area (TPSA) is 13.1 Å². The summed E-state index contributed by atoms with van der Waals surface area (Å²) in [6.07, 6.45) is 2.78. The normalized spacial score (nSPS) is 12.9. The highest BCUT2D eigenvalue weighted by atomic mass is 16.3. The van der Waals surface area contributed by atoms with E-state index in [0.29, 0.717) is 11.8 Å². The van der Waals surface area contributed by atoms with E-state index in [9.17, 15) is 0 Å². The summed E-state index contributed by atoms with van der Waals surface area (Å²) in [7, 11) is 0. The van der Waals surface area contributed by atoms with Gasteiger partial charge in [-0.3, -0.25) is 0 Å². The van der Waals surface area contributed by atoms with E-state index < -0.39 is 0 Å². The van der Waals surface area contributed by atoms with Gasteiger partial charge >= 0.3 is 0 Å². The maximum Gasteiger partial charge on any atom is 0.106 e. The van der Waals surface area contributed by atoms with E-state index in [4.69, 9.17) is 4.42 Å². The van der Waals surface area contributed by atoms with Crippen LogP contribution >= 0.6 is 0 Å². The summed E-state index contributed by atoms with van der Waals surface area (Å²) < 4.78 is 5.43. The quantitative estimate of drug-likeness (QED) is 0.736. The van der Waals surface area contributed by atoms with Gasteiger partial charge in [0.2, 0.25) is 0 Å². The van der Waals surface area contributed by atoms with Crippen molar-refractivity contribution < 1.29 is 4.42 Å². The Morgan fingerprint density at radius 1 is 1.00 bits per heavy atom. The minimum atomic E-state index is 0.440. The van der Waals surface area contributed by atoms with Crippen LogP contribution < -0.4 is 0 Å². The fraction of sp³-hybridized carbons (Fsp3) is 0.375. The minimum Gasteiger partial charge on any atom is -0.469 e. The maximum atomic E-state index is 5.43. The van der Waals surface area contributed by atoms with Gasteiger partial charge in [-0.05, 0) is 35.6 Å². The second-order valence-corrected chi connectivity index (χ2v) is 5.02. The fourth-order valence-corrected chi connectivity index (χ4v) is 2.06. The summed E-state index contributed by atoms with van der Waals surface area (Å²) in [5, 5.41) is 0. The fourth-order valence-electron chi connectivity index (χ4n) is 2.06. The third kappa shape index (κ3) is 3.00. The SMILES string of the molecule is CC(C)c1ccc(CC(C)c2ccco2)cc1. The second kappa shape index (κ2) is 5.22. The molecule has 17 heavy (non-hydrogen) atoms. The molecule has 0 saturated carbocycles. The number of benzene rings is 1. The lowest BCUT2D eigenvalue weighted by molar-refractivity contribution is 0.473. The zero-order valence-corrected chi connectivity index (χ0v) is 10.8. The first-order chi connectivity index (χ1) is 8.16. The molecule has 0 aliphatic carbocycles. The molecule has 1 aromatic heterocycles. The van der Waals surface area contributed by atoms with Crippen molar-refractivity contribution in [1.82, 2.24) is 0 Å². The zero-order valence-electron chi connectivity index (χ0n) is 10.8. The lowest BCUT2D eigenvalue weighted by atomic mass is 9.96. The highest BCUT2D eigenvalue weighted by molar-refractivity contribution is 5.26. The molecule has 1 heteroatoms. The van der Waals surface area contributed by atoms with Gasteiger partial charge in [0.1, 0.15) is 5.76 Å². The van der Waals surface area contributed by atoms with Gasteiger partial charge in [-0.1, -0.05) is 45.0 Å². The minimum absolute atomic E-state index is 0.440. The zero-order chi connectivity index (χ0) is 12.3. The Kier molecular flexibility index (Phi) is 3.68. The van der Waals surface area contributed by atoms with Gasteiger partial charge in [0.25, 0.3) is 0 Å². The van der Waals surface area contributed by atoms with Crippen LogP contribution in [0.25, 0.3) is 0 Å². The maximum absolute atomic E-state index is 5.43. The Morgan fingerprint density at radius 3 is 2.24 bits per heavy atom. The second-order valence-electron chi connectivity index (χ2n) is 5.02. The van der Waals surface area contributed by atoms with E-state index >= 15 is 0 Å². The summed E-state index contributed by atoms with van der Waals surface area (Å²) in [4.78, 5) is 0. The number of hydrogen-bond donors (Lipinski definition) is 0. The molecule has 1 atom stereocenters. The molecular weight excluding hydrogens is 208 g/mol. The van der Waals surface area contributed by atoms with Crippen LogP contribution in [0.15, 0.2) is 47.1 Å². The smallest absolute Gasteiger partial charge is 0.106 e. The van der Waals surface area contributed by atoms with Crippen LogP contribution in [0.1, 0.15) is 49.5 Å². The van der Waals surface area contributed by atoms with Crippen molar-refractivity contribution in [3.05, 3.63) is 59.5 Å². The molecule has 0 aliphatic heterocycles. The van der Waals surface area contributed by atoms with Crippen molar-refractivity contribution >= 4 is 0 Å². The molecule has 90 valence electrons. The van der Waals surface area contributed by atoms with Crippen LogP contribution in [0.3, 0.4) is 0 Å². The summed E-state index contributed by atoms with van der Waals surface area (Å²) >= 11 is 0. The molecule has 0 fully saturated rings. The molecule has 1 unspecified atom stereocenters. The van der Waals surface area contributed by atoms with Gasteiger partial charge in [-0.15, -0.1) is 0 Å². The van der Waals surface area contributed by atoms with Crippen molar-refractivity contribution in [3.8, 4) is 0 Å². The highest BCUT2D eigenvalue weighted by Gasteiger charge is 2.09. The first kappa shape index (κ1) is 12.0. The van der Waals surface area contributed by atoms with E-state index in [1.165, 1.54) is 11.1 Å². The molecule has 1 nitrogen and oxygen atoms in total. The molecule has 2 aromatic rings. The van der Waals surface area contributed by atoms with Crippen LogP contribution in [0, 0.1) is 0 Å². The van der Waals surface area contributed by atoms with Gasteiger partial charge in [0.05, 0.1) is 6.26 Å². The molecule has 0 spiro atoms. The molecule has 1 heterocycles. The van der Waals surface area contributed by atoms with Gasteiger partial charge in [-0.25, -0.2) is 0 Å². The largest absolute Gasteiger partial charge is 0.469 e. The van der Waals surface area contributed by atoms with E-state index in [1.54, 1.807) is 6.26 Å². The van der Waals surface area contributed by atoms with Crippen LogP contribution in [-0.2, 0) is 6.42 Å². The van der Waals surface area contributed by atoms with Gasteiger partial charge < -0.3 is 4.42 Å². The molecule has 0 radical (unpaired) electrons. The van der Waals surface area contributed by atoms with E-state index in [2.05, 4.69) is 45.0 Å². The lowest BCUT2D eigenvalue weighted by Gasteiger charge is -2.10. The highest BCUT2D eigenvalue weighted by Crippen LogP contribution is 2.22. The molecular formula is C16H20O. The lowest BCUT2D eigenvalue weighted by Crippen LogP contribution is -1.97.